The molecule has 1 N–H and O–H groups in total. The van der Waals surface area contributed by atoms with Gasteiger partial charge in [-0.1, -0.05) is 0 Å². The molecule has 0 spiro atoms. The highest BCUT2D eigenvalue weighted by Gasteiger charge is 2.23. The first-order valence-electron chi connectivity index (χ1n) is 5.24. The molecular weight excluding hydrogens is 178 g/mol. The number of nitrogens with one attached hydrogen (secondary N) is 1. The summed E-state index contributed by atoms with van der Waals surface area (Å²) < 4.78 is 0. The van der Waals surface area contributed by atoms with E-state index in [1.54, 1.807) is 6.92 Å². The van der Waals surface area contributed by atoms with Crippen molar-refractivity contribution in [1.29, 1.82) is 0 Å². The monoisotopic (exact) mass is 199 g/mol. The van der Waals surface area contributed by atoms with Crippen molar-refractivity contribution in [3.63, 3.8) is 0 Å². The van der Waals surface area contributed by atoms with Crippen LogP contribution in [-0.4, -0.2) is 62.0 Å². The molecular formula is C10H21N3O. The van der Waals surface area contributed by atoms with E-state index >= 15 is 0 Å². The van der Waals surface area contributed by atoms with Gasteiger partial charge < -0.3 is 15.1 Å². The maximum atomic E-state index is 11.3. The van der Waals surface area contributed by atoms with Crippen molar-refractivity contribution in [2.75, 3.05) is 40.3 Å². The van der Waals surface area contributed by atoms with Gasteiger partial charge >= 0.3 is 0 Å². The van der Waals surface area contributed by atoms with E-state index in [9.17, 15) is 4.79 Å². The van der Waals surface area contributed by atoms with E-state index in [4.69, 9.17) is 0 Å². The Morgan fingerprint density at radius 1 is 1.57 bits per heavy atom. The maximum Gasteiger partial charge on any atom is 0.219 e. The summed E-state index contributed by atoms with van der Waals surface area (Å²) in [6, 6.07) is 0.378. The van der Waals surface area contributed by atoms with Crippen LogP contribution in [0, 0.1) is 0 Å². The lowest BCUT2D eigenvalue weighted by molar-refractivity contribution is -0.132. The zero-order chi connectivity index (χ0) is 10.6. The lowest BCUT2D eigenvalue weighted by atomic mass is 10.1. The highest BCUT2D eigenvalue weighted by Crippen LogP contribution is 2.07. The second-order valence-electron chi connectivity index (χ2n) is 4.16. The summed E-state index contributed by atoms with van der Waals surface area (Å²) in [5, 5.41) is 3.33. The fourth-order valence-corrected chi connectivity index (χ4v) is 1.84. The highest BCUT2D eigenvalue weighted by molar-refractivity contribution is 5.73. The predicted molar refractivity (Wildman–Crippen MR) is 57.2 cm³/mol. The summed E-state index contributed by atoms with van der Waals surface area (Å²) in [5.41, 5.74) is 0. The zero-order valence-electron chi connectivity index (χ0n) is 9.42. The first-order chi connectivity index (χ1) is 6.61. The van der Waals surface area contributed by atoms with Gasteiger partial charge in [-0.3, -0.25) is 4.79 Å². The highest BCUT2D eigenvalue weighted by atomic mass is 16.2. The Hall–Kier alpha value is -0.610. The third-order valence-electron chi connectivity index (χ3n) is 2.66. The molecule has 0 aromatic rings. The first-order valence-corrected chi connectivity index (χ1v) is 5.24. The molecule has 1 saturated heterocycles. The number of hydrogen-bond donors (Lipinski definition) is 1. The van der Waals surface area contributed by atoms with E-state index in [2.05, 4.69) is 24.3 Å². The molecule has 82 valence electrons. The van der Waals surface area contributed by atoms with Gasteiger partial charge in [0.15, 0.2) is 0 Å². The van der Waals surface area contributed by atoms with Crippen LogP contribution < -0.4 is 5.32 Å². The van der Waals surface area contributed by atoms with Crippen LogP contribution in [0.3, 0.4) is 0 Å². The summed E-state index contributed by atoms with van der Waals surface area (Å²) in [7, 11) is 4.13. The molecule has 0 aromatic heterocycles. The maximum absolute atomic E-state index is 11.3. The molecule has 14 heavy (non-hydrogen) atoms. The third-order valence-corrected chi connectivity index (χ3v) is 2.66. The molecule has 1 aliphatic heterocycles. The smallest absolute Gasteiger partial charge is 0.219 e. The van der Waals surface area contributed by atoms with Crippen molar-refractivity contribution < 1.29 is 4.79 Å². The first kappa shape index (κ1) is 11.5. The number of piperazine rings is 1. The molecule has 1 atom stereocenters. The summed E-state index contributed by atoms with van der Waals surface area (Å²) in [6.07, 6.45) is 1.06. The normalized spacial score (nSPS) is 22.9. The Bertz CT molecular complexity index is 194. The third kappa shape index (κ3) is 3.27. The average Bonchev–Trinajstić information content (AvgIpc) is 2.15. The minimum absolute atomic E-state index is 0.204. The van der Waals surface area contributed by atoms with Crippen LogP contribution in [0.15, 0.2) is 0 Å². The Morgan fingerprint density at radius 3 is 2.86 bits per heavy atom. The molecule has 0 aromatic carbocycles. The lowest BCUT2D eigenvalue weighted by Gasteiger charge is -2.36. The summed E-state index contributed by atoms with van der Waals surface area (Å²) in [5.74, 6) is 0.204. The van der Waals surface area contributed by atoms with Crippen LogP contribution in [0.2, 0.25) is 0 Å². The van der Waals surface area contributed by atoms with Crippen molar-refractivity contribution in [1.82, 2.24) is 15.1 Å². The van der Waals surface area contributed by atoms with Gasteiger partial charge in [0.25, 0.3) is 0 Å². The van der Waals surface area contributed by atoms with Crippen LogP contribution in [0.1, 0.15) is 13.3 Å². The van der Waals surface area contributed by atoms with E-state index < -0.39 is 0 Å². The van der Waals surface area contributed by atoms with Crippen molar-refractivity contribution in [3.05, 3.63) is 0 Å². The van der Waals surface area contributed by atoms with E-state index in [1.807, 2.05) is 4.90 Å². The molecule has 1 rings (SSSR count). The molecule has 1 fully saturated rings. The molecule has 4 heteroatoms. The molecule has 0 radical (unpaired) electrons. The van der Waals surface area contributed by atoms with Gasteiger partial charge in [0, 0.05) is 32.6 Å². The molecule has 0 aliphatic carbocycles. The zero-order valence-corrected chi connectivity index (χ0v) is 9.42. The van der Waals surface area contributed by atoms with Crippen LogP contribution in [0.4, 0.5) is 0 Å². The Labute approximate surface area is 86.2 Å². The summed E-state index contributed by atoms with van der Waals surface area (Å²) in [4.78, 5) is 15.5. The fourth-order valence-electron chi connectivity index (χ4n) is 1.84. The van der Waals surface area contributed by atoms with Crippen LogP contribution in [0.25, 0.3) is 0 Å². The summed E-state index contributed by atoms with van der Waals surface area (Å²) >= 11 is 0. The summed E-state index contributed by atoms with van der Waals surface area (Å²) in [6.45, 7) is 5.42. The number of carbonyl (C=O) groups is 1. The van der Waals surface area contributed by atoms with Crippen LogP contribution in [0.5, 0.6) is 0 Å². The van der Waals surface area contributed by atoms with Gasteiger partial charge in [-0.2, -0.15) is 0 Å². The number of amides is 1. The molecule has 4 nitrogen and oxygen atoms in total. The average molecular weight is 199 g/mol. The SMILES string of the molecule is CC(=O)N1CCNCC1CCN(C)C. The second-order valence-corrected chi connectivity index (χ2v) is 4.16. The number of rotatable bonds is 3. The number of nitrogens with zero attached hydrogens (tertiary/aromatic N) is 2. The predicted octanol–water partition coefficient (Wildman–Crippen LogP) is -0.242. The Balaban J connectivity index is 2.42. The van der Waals surface area contributed by atoms with E-state index in [-0.39, 0.29) is 5.91 Å². The minimum Gasteiger partial charge on any atom is -0.337 e. The molecule has 1 unspecified atom stereocenters. The largest absolute Gasteiger partial charge is 0.337 e. The topological polar surface area (TPSA) is 35.6 Å². The molecule has 1 amide bonds. The van der Waals surface area contributed by atoms with Crippen molar-refractivity contribution in [2.24, 2.45) is 0 Å². The van der Waals surface area contributed by atoms with E-state index in [0.29, 0.717) is 6.04 Å². The van der Waals surface area contributed by atoms with Gasteiger partial charge in [0.2, 0.25) is 5.91 Å². The minimum atomic E-state index is 0.204. The van der Waals surface area contributed by atoms with Gasteiger partial charge in [0.05, 0.1) is 0 Å². The number of carbonyl (C=O) groups excluding carboxylic acids is 1. The van der Waals surface area contributed by atoms with E-state index in [0.717, 1.165) is 32.6 Å². The van der Waals surface area contributed by atoms with Crippen LogP contribution >= 0.6 is 0 Å². The lowest BCUT2D eigenvalue weighted by Crippen LogP contribution is -2.53. The quantitative estimate of drug-likeness (QED) is 0.681. The van der Waals surface area contributed by atoms with Crippen molar-refractivity contribution in [2.45, 2.75) is 19.4 Å². The standard InChI is InChI=1S/C10H21N3O/c1-9(14)13-7-5-11-8-10(13)4-6-12(2)3/h10-11H,4-8H2,1-3H3. The number of hydrogen-bond acceptors (Lipinski definition) is 3. The van der Waals surface area contributed by atoms with Gasteiger partial charge in [-0.05, 0) is 27.1 Å². The van der Waals surface area contributed by atoms with Gasteiger partial charge in [-0.25, -0.2) is 0 Å². The molecule has 1 heterocycles. The van der Waals surface area contributed by atoms with Gasteiger partial charge in [-0.15, -0.1) is 0 Å². The van der Waals surface area contributed by atoms with Crippen molar-refractivity contribution in [3.8, 4) is 0 Å². The van der Waals surface area contributed by atoms with E-state index in [1.165, 1.54) is 0 Å². The Kier molecular flexibility index (Phi) is 4.35. The molecule has 0 saturated carbocycles. The molecule has 1 aliphatic rings. The fraction of sp³-hybridized carbons (Fsp3) is 0.900. The van der Waals surface area contributed by atoms with Gasteiger partial charge in [0.1, 0.15) is 0 Å². The Morgan fingerprint density at radius 2 is 2.29 bits per heavy atom. The van der Waals surface area contributed by atoms with Crippen LogP contribution in [-0.2, 0) is 4.79 Å². The molecule has 0 bridgehead atoms. The second kappa shape index (κ2) is 5.32. The van der Waals surface area contributed by atoms with Crippen molar-refractivity contribution >= 4 is 5.91 Å².